The van der Waals surface area contributed by atoms with E-state index in [0.717, 1.165) is 4.90 Å². The SMILES string of the molecule is O=[C]CCCC([C]=O)N1C(=O)c2ccccc2C1=O. The second-order valence-electron chi connectivity index (χ2n) is 4.20. The summed E-state index contributed by atoms with van der Waals surface area (Å²) >= 11 is 0. The van der Waals surface area contributed by atoms with Crippen LogP contribution in [0.3, 0.4) is 0 Å². The van der Waals surface area contributed by atoms with Gasteiger partial charge in [0.15, 0.2) is 6.29 Å². The van der Waals surface area contributed by atoms with Crippen molar-refractivity contribution in [1.82, 2.24) is 4.90 Å². The number of nitrogens with zero attached hydrogens (tertiary/aromatic N) is 1. The van der Waals surface area contributed by atoms with Crippen LogP contribution in [0.1, 0.15) is 40.0 Å². The molecule has 19 heavy (non-hydrogen) atoms. The monoisotopic (exact) mass is 257 g/mol. The molecule has 96 valence electrons. The summed E-state index contributed by atoms with van der Waals surface area (Å²) in [6.07, 6.45) is 4.19. The molecule has 0 saturated carbocycles. The molecule has 0 spiro atoms. The van der Waals surface area contributed by atoms with Crippen LogP contribution in [0.15, 0.2) is 24.3 Å². The molecule has 0 bridgehead atoms. The van der Waals surface area contributed by atoms with E-state index >= 15 is 0 Å². The summed E-state index contributed by atoms with van der Waals surface area (Å²) in [7, 11) is 0. The number of rotatable bonds is 6. The van der Waals surface area contributed by atoms with Crippen molar-refractivity contribution in [2.45, 2.75) is 25.3 Å². The van der Waals surface area contributed by atoms with E-state index in [4.69, 9.17) is 0 Å². The van der Waals surface area contributed by atoms with Gasteiger partial charge in [0.05, 0.1) is 11.1 Å². The van der Waals surface area contributed by atoms with E-state index in [1.165, 1.54) is 0 Å². The molecular formula is C14H11NO4. The van der Waals surface area contributed by atoms with Gasteiger partial charge in [-0.2, -0.15) is 0 Å². The van der Waals surface area contributed by atoms with Crippen molar-refractivity contribution in [1.29, 1.82) is 0 Å². The normalized spacial score (nSPS) is 15.3. The van der Waals surface area contributed by atoms with E-state index in [9.17, 15) is 19.2 Å². The molecule has 1 atom stereocenters. The minimum atomic E-state index is -0.944. The average molecular weight is 257 g/mol. The van der Waals surface area contributed by atoms with Crippen molar-refractivity contribution in [2.24, 2.45) is 0 Å². The quantitative estimate of drug-likeness (QED) is 0.564. The maximum Gasteiger partial charge on any atom is 0.262 e. The van der Waals surface area contributed by atoms with E-state index in [1.54, 1.807) is 36.8 Å². The highest BCUT2D eigenvalue weighted by Gasteiger charge is 2.39. The highest BCUT2D eigenvalue weighted by atomic mass is 16.2. The number of fused-ring (bicyclic) bond motifs is 1. The first-order valence-corrected chi connectivity index (χ1v) is 5.90. The lowest BCUT2D eigenvalue weighted by Crippen LogP contribution is -2.40. The van der Waals surface area contributed by atoms with Crippen LogP contribution in [0.4, 0.5) is 0 Å². The first-order chi connectivity index (χ1) is 9.20. The molecule has 0 fully saturated rings. The Hall–Kier alpha value is -2.30. The standard InChI is InChI=1S/C14H11NO4/c16-8-4-3-5-10(9-17)15-13(18)11-6-1-2-7-12(11)14(15)19/h1-2,6-7,10H,3-5H2. The van der Waals surface area contributed by atoms with Crippen LogP contribution >= 0.6 is 0 Å². The van der Waals surface area contributed by atoms with Gasteiger partial charge in [-0.05, 0) is 25.0 Å². The number of unbranched alkanes of at least 4 members (excludes halogenated alkanes) is 1. The molecule has 1 aromatic carbocycles. The Bertz CT molecular complexity index is 503. The number of carbonyl (C=O) groups is 2. The van der Waals surface area contributed by atoms with Crippen LogP contribution in [-0.4, -0.2) is 35.3 Å². The Labute approximate surface area is 110 Å². The molecule has 5 nitrogen and oxygen atoms in total. The van der Waals surface area contributed by atoms with Crippen LogP contribution in [0.2, 0.25) is 0 Å². The van der Waals surface area contributed by atoms with Gasteiger partial charge in [0.2, 0.25) is 6.29 Å². The summed E-state index contributed by atoms with van der Waals surface area (Å²) in [5.74, 6) is -0.965. The maximum atomic E-state index is 12.1. The van der Waals surface area contributed by atoms with Gasteiger partial charge in [-0.3, -0.25) is 24.1 Å². The van der Waals surface area contributed by atoms with Crippen LogP contribution in [0, 0.1) is 0 Å². The third-order valence-electron chi connectivity index (χ3n) is 3.03. The largest absolute Gasteiger partial charge is 0.291 e. The Morgan fingerprint density at radius 1 is 1.05 bits per heavy atom. The minimum Gasteiger partial charge on any atom is -0.291 e. The number of benzene rings is 1. The molecule has 0 saturated heterocycles. The van der Waals surface area contributed by atoms with Crippen molar-refractivity contribution in [3.05, 3.63) is 35.4 Å². The molecule has 5 heteroatoms. The summed E-state index contributed by atoms with van der Waals surface area (Å²) in [4.78, 5) is 46.2. The molecule has 0 aromatic heterocycles. The van der Waals surface area contributed by atoms with E-state index < -0.39 is 17.9 Å². The predicted molar refractivity (Wildman–Crippen MR) is 66.0 cm³/mol. The van der Waals surface area contributed by atoms with Gasteiger partial charge < -0.3 is 0 Å². The number of hydrogen-bond acceptors (Lipinski definition) is 4. The van der Waals surface area contributed by atoms with Gasteiger partial charge in [0.25, 0.3) is 11.8 Å². The lowest BCUT2D eigenvalue weighted by atomic mass is 10.1. The number of carbonyl (C=O) groups excluding carboxylic acids is 4. The van der Waals surface area contributed by atoms with Gasteiger partial charge >= 0.3 is 0 Å². The lowest BCUT2D eigenvalue weighted by Gasteiger charge is -2.20. The molecule has 2 rings (SSSR count). The maximum absolute atomic E-state index is 12.1. The highest BCUT2D eigenvalue weighted by molar-refractivity contribution is 6.22. The van der Waals surface area contributed by atoms with Crippen molar-refractivity contribution in [3.63, 3.8) is 0 Å². The van der Waals surface area contributed by atoms with Crippen molar-refractivity contribution < 1.29 is 19.2 Å². The fourth-order valence-electron chi connectivity index (χ4n) is 2.10. The molecule has 2 radical (unpaired) electrons. The molecule has 1 aliphatic rings. The third kappa shape index (κ3) is 2.31. The van der Waals surface area contributed by atoms with Crippen molar-refractivity contribution >= 4 is 24.4 Å². The van der Waals surface area contributed by atoms with Crippen molar-refractivity contribution in [2.75, 3.05) is 0 Å². The first kappa shape index (κ1) is 13.1. The zero-order chi connectivity index (χ0) is 13.8. The molecule has 2 amide bonds. The number of imide groups is 1. The van der Waals surface area contributed by atoms with Crippen LogP contribution in [-0.2, 0) is 9.59 Å². The molecule has 0 aliphatic carbocycles. The Morgan fingerprint density at radius 2 is 1.63 bits per heavy atom. The van der Waals surface area contributed by atoms with E-state index in [0.29, 0.717) is 17.5 Å². The molecule has 1 aliphatic heterocycles. The van der Waals surface area contributed by atoms with Crippen molar-refractivity contribution in [3.8, 4) is 0 Å². The number of amides is 2. The summed E-state index contributed by atoms with van der Waals surface area (Å²) < 4.78 is 0. The first-order valence-electron chi connectivity index (χ1n) is 5.90. The average Bonchev–Trinajstić information content (AvgIpc) is 2.69. The van der Waals surface area contributed by atoms with Gasteiger partial charge in [-0.15, -0.1) is 0 Å². The van der Waals surface area contributed by atoms with E-state index in [-0.39, 0.29) is 12.8 Å². The molecule has 1 aromatic rings. The summed E-state index contributed by atoms with van der Waals surface area (Å²) in [5, 5.41) is 0. The minimum absolute atomic E-state index is 0.168. The van der Waals surface area contributed by atoms with Gasteiger partial charge in [-0.1, -0.05) is 12.1 Å². The Kier molecular flexibility index (Phi) is 3.85. The van der Waals surface area contributed by atoms with E-state index in [2.05, 4.69) is 0 Å². The van der Waals surface area contributed by atoms with E-state index in [1.807, 2.05) is 0 Å². The Morgan fingerprint density at radius 3 is 2.11 bits per heavy atom. The highest BCUT2D eigenvalue weighted by Crippen LogP contribution is 2.25. The van der Waals surface area contributed by atoms with Gasteiger partial charge in [-0.25, -0.2) is 0 Å². The molecule has 0 N–H and O–H groups in total. The zero-order valence-corrected chi connectivity index (χ0v) is 10.1. The summed E-state index contributed by atoms with van der Waals surface area (Å²) in [6.45, 7) is 0. The smallest absolute Gasteiger partial charge is 0.262 e. The topological polar surface area (TPSA) is 71.5 Å². The second-order valence-corrected chi connectivity index (χ2v) is 4.20. The van der Waals surface area contributed by atoms with Gasteiger partial charge in [0.1, 0.15) is 6.04 Å². The fourth-order valence-corrected chi connectivity index (χ4v) is 2.10. The predicted octanol–water partition coefficient (Wildman–Crippen LogP) is 1.04. The van der Waals surface area contributed by atoms with Crippen LogP contribution in [0.5, 0.6) is 0 Å². The summed E-state index contributed by atoms with van der Waals surface area (Å²) in [6, 6.07) is 5.48. The Balaban J connectivity index is 2.22. The lowest BCUT2D eigenvalue weighted by molar-refractivity contribution is 0.0617. The molecule has 1 heterocycles. The van der Waals surface area contributed by atoms with Crippen LogP contribution in [0.25, 0.3) is 0 Å². The molecular weight excluding hydrogens is 246 g/mol. The number of hydrogen-bond donors (Lipinski definition) is 0. The summed E-state index contributed by atoms with van der Waals surface area (Å²) in [5.41, 5.74) is 0.601. The second kappa shape index (κ2) is 5.56. The van der Waals surface area contributed by atoms with Gasteiger partial charge in [0, 0.05) is 6.42 Å². The fraction of sp³-hybridized carbons (Fsp3) is 0.286. The van der Waals surface area contributed by atoms with Crippen LogP contribution < -0.4 is 0 Å². The third-order valence-corrected chi connectivity index (χ3v) is 3.03. The molecule has 1 unspecified atom stereocenters. The zero-order valence-electron chi connectivity index (χ0n) is 10.1.